The van der Waals surface area contributed by atoms with Crippen LogP contribution < -0.4 is 5.46 Å². The van der Waals surface area contributed by atoms with Crippen LogP contribution in [-0.4, -0.2) is 46.4 Å². The molecule has 1 aromatic carbocycles. The van der Waals surface area contributed by atoms with Crippen LogP contribution in [0.15, 0.2) is 18.3 Å². The molecule has 0 unspecified atom stereocenters. The summed E-state index contributed by atoms with van der Waals surface area (Å²) in [7, 11) is 0. The summed E-state index contributed by atoms with van der Waals surface area (Å²) in [6, 6.07) is 1.30. The predicted octanol–water partition coefficient (Wildman–Crippen LogP) is 3.80. The molecule has 3 rings (SSSR count). The average Bonchev–Trinajstić information content (AvgIpc) is 2.97. The van der Waals surface area contributed by atoms with Gasteiger partial charge in [0.15, 0.2) is 0 Å². The maximum atomic E-state index is 14.0. The number of carbonyl (C=O) groups excluding carboxylic acids is 1. The Morgan fingerprint density at radius 3 is 2.41 bits per heavy atom. The standard InChI is InChI=1S/C17H21BF4N3O2/c1-17(2,3)27-16(26)24-6-4-13(5-7-24)25-10-11-8-12(18(20,21)22)9-14(19)15(11)23-25/h8-10,13H,4-7H2,1-3H3/q-1. The first-order valence-corrected chi connectivity index (χ1v) is 8.80. The number of hydrogen-bond acceptors (Lipinski definition) is 3. The second kappa shape index (κ2) is 6.72. The van der Waals surface area contributed by atoms with Gasteiger partial charge in [-0.2, -0.15) is 5.10 Å². The summed E-state index contributed by atoms with van der Waals surface area (Å²) < 4.78 is 59.6. The maximum absolute atomic E-state index is 14.0. The summed E-state index contributed by atoms with van der Waals surface area (Å²) in [4.78, 5) is 13.7. The molecule has 0 spiro atoms. The number of amides is 1. The van der Waals surface area contributed by atoms with Crippen molar-refractivity contribution in [2.24, 2.45) is 0 Å². The number of fused-ring (bicyclic) bond motifs is 1. The molecular weight excluding hydrogens is 365 g/mol. The summed E-state index contributed by atoms with van der Waals surface area (Å²) in [6.07, 6.45) is 2.17. The number of benzene rings is 1. The van der Waals surface area contributed by atoms with E-state index in [1.54, 1.807) is 25.7 Å². The molecule has 148 valence electrons. The van der Waals surface area contributed by atoms with E-state index in [2.05, 4.69) is 5.10 Å². The topological polar surface area (TPSA) is 47.4 Å². The molecule has 1 fully saturated rings. The van der Waals surface area contributed by atoms with Crippen LogP contribution in [0.25, 0.3) is 10.9 Å². The van der Waals surface area contributed by atoms with Crippen molar-refractivity contribution < 1.29 is 26.9 Å². The molecule has 1 aromatic heterocycles. The molecule has 27 heavy (non-hydrogen) atoms. The van der Waals surface area contributed by atoms with Crippen LogP contribution in [0, 0.1) is 5.82 Å². The average molecular weight is 386 g/mol. The number of likely N-dealkylation sites (tertiary alicyclic amines) is 1. The molecule has 0 N–H and O–H groups in total. The summed E-state index contributed by atoms with van der Waals surface area (Å²) in [6.45, 7) is 0.970. The maximum Gasteiger partial charge on any atom is 0.509 e. The van der Waals surface area contributed by atoms with Gasteiger partial charge < -0.3 is 22.6 Å². The Morgan fingerprint density at radius 2 is 1.85 bits per heavy atom. The molecule has 1 amide bonds. The quantitative estimate of drug-likeness (QED) is 0.583. The molecule has 0 bridgehead atoms. The molecule has 0 atom stereocenters. The Balaban J connectivity index is 1.74. The van der Waals surface area contributed by atoms with E-state index < -0.39 is 30.0 Å². The van der Waals surface area contributed by atoms with Crippen LogP contribution in [0.3, 0.4) is 0 Å². The van der Waals surface area contributed by atoms with E-state index in [1.807, 2.05) is 0 Å². The SMILES string of the molecule is CC(C)(C)OC(=O)N1CCC(n2cc3cc([B-](F)(F)F)cc(F)c3n2)CC1. The molecule has 0 saturated carbocycles. The number of halogens is 4. The fraction of sp³-hybridized carbons (Fsp3) is 0.529. The second-order valence-electron chi connectivity index (χ2n) is 7.82. The minimum Gasteiger partial charge on any atom is -0.445 e. The largest absolute Gasteiger partial charge is 0.509 e. The van der Waals surface area contributed by atoms with E-state index >= 15 is 0 Å². The molecule has 10 heteroatoms. The van der Waals surface area contributed by atoms with Gasteiger partial charge in [0.05, 0.1) is 6.04 Å². The van der Waals surface area contributed by atoms with Gasteiger partial charge in [-0.1, -0.05) is 12.1 Å². The van der Waals surface area contributed by atoms with Crippen molar-refractivity contribution in [3.63, 3.8) is 0 Å². The van der Waals surface area contributed by atoms with E-state index in [0.29, 0.717) is 32.0 Å². The summed E-state index contributed by atoms with van der Waals surface area (Å²) >= 11 is 0. The van der Waals surface area contributed by atoms with Crippen LogP contribution in [0.4, 0.5) is 22.1 Å². The summed E-state index contributed by atoms with van der Waals surface area (Å²) in [5.74, 6) is -0.980. The lowest BCUT2D eigenvalue weighted by Crippen LogP contribution is -2.42. The highest BCUT2D eigenvalue weighted by atomic mass is 19.4. The zero-order chi connectivity index (χ0) is 20.0. The van der Waals surface area contributed by atoms with Crippen molar-refractivity contribution >= 4 is 29.4 Å². The van der Waals surface area contributed by atoms with Gasteiger partial charge in [-0.25, -0.2) is 9.18 Å². The fourth-order valence-electron chi connectivity index (χ4n) is 3.15. The van der Waals surface area contributed by atoms with Crippen molar-refractivity contribution in [2.75, 3.05) is 13.1 Å². The van der Waals surface area contributed by atoms with Crippen molar-refractivity contribution in [1.29, 1.82) is 0 Å². The Bertz CT molecular complexity index is 852. The molecule has 0 radical (unpaired) electrons. The Kier molecular flexibility index (Phi) is 4.86. The van der Waals surface area contributed by atoms with Gasteiger partial charge in [0.2, 0.25) is 0 Å². The third kappa shape index (κ3) is 4.36. The normalized spacial score (nSPS) is 16.8. The van der Waals surface area contributed by atoms with Crippen molar-refractivity contribution in [2.45, 2.75) is 45.3 Å². The van der Waals surface area contributed by atoms with E-state index in [9.17, 15) is 22.1 Å². The van der Waals surface area contributed by atoms with Gasteiger partial charge in [-0.3, -0.25) is 4.68 Å². The van der Waals surface area contributed by atoms with Crippen molar-refractivity contribution in [1.82, 2.24) is 14.7 Å². The van der Waals surface area contributed by atoms with Crippen LogP contribution >= 0.6 is 0 Å². The van der Waals surface area contributed by atoms with E-state index in [1.165, 1.54) is 10.9 Å². The monoisotopic (exact) mass is 386 g/mol. The van der Waals surface area contributed by atoms with Crippen molar-refractivity contribution in [3.8, 4) is 0 Å². The van der Waals surface area contributed by atoms with Gasteiger partial charge in [-0.15, -0.1) is 5.46 Å². The lowest BCUT2D eigenvalue weighted by molar-refractivity contribution is 0.0185. The van der Waals surface area contributed by atoms with Gasteiger partial charge in [0, 0.05) is 24.7 Å². The minimum atomic E-state index is -5.28. The van der Waals surface area contributed by atoms with Gasteiger partial charge in [0.1, 0.15) is 16.9 Å². The number of aromatic nitrogens is 2. The number of ether oxygens (including phenoxy) is 1. The fourth-order valence-corrected chi connectivity index (χ4v) is 3.15. The third-order valence-electron chi connectivity index (χ3n) is 4.47. The molecule has 2 heterocycles. The van der Waals surface area contributed by atoms with Gasteiger partial charge >= 0.3 is 13.1 Å². The number of rotatable bonds is 2. The zero-order valence-corrected chi connectivity index (χ0v) is 15.4. The van der Waals surface area contributed by atoms with Crippen LogP contribution in [0.1, 0.15) is 39.7 Å². The Hall–Kier alpha value is -2.26. The lowest BCUT2D eigenvalue weighted by atomic mass is 9.79. The first-order valence-electron chi connectivity index (χ1n) is 8.80. The molecular formula is C17H21BF4N3O2-. The van der Waals surface area contributed by atoms with Crippen LogP contribution in [-0.2, 0) is 4.74 Å². The van der Waals surface area contributed by atoms with E-state index in [0.717, 1.165) is 6.07 Å². The summed E-state index contributed by atoms with van der Waals surface area (Å²) in [5.41, 5.74) is -1.63. The molecule has 1 aliphatic rings. The van der Waals surface area contributed by atoms with Gasteiger partial charge in [0.25, 0.3) is 0 Å². The summed E-state index contributed by atoms with van der Waals surface area (Å²) in [5, 5.41) is 4.26. The van der Waals surface area contributed by atoms with E-state index in [-0.39, 0.29) is 16.9 Å². The second-order valence-corrected chi connectivity index (χ2v) is 7.82. The molecule has 1 saturated heterocycles. The third-order valence-corrected chi connectivity index (χ3v) is 4.47. The molecule has 5 nitrogen and oxygen atoms in total. The highest BCUT2D eigenvalue weighted by Gasteiger charge is 2.30. The molecule has 0 aliphatic carbocycles. The highest BCUT2D eigenvalue weighted by molar-refractivity contribution is 6.73. The Labute approximate surface area is 154 Å². The smallest absolute Gasteiger partial charge is 0.445 e. The first-order chi connectivity index (χ1) is 12.4. The Morgan fingerprint density at radius 1 is 1.22 bits per heavy atom. The molecule has 1 aliphatic heterocycles. The number of piperidine rings is 1. The van der Waals surface area contributed by atoms with Gasteiger partial charge in [-0.05, 0) is 33.6 Å². The van der Waals surface area contributed by atoms with E-state index in [4.69, 9.17) is 4.74 Å². The number of carbonyl (C=O) groups is 1. The minimum absolute atomic E-state index is 0.0756. The van der Waals surface area contributed by atoms with Crippen LogP contribution in [0.5, 0.6) is 0 Å². The highest BCUT2D eigenvalue weighted by Crippen LogP contribution is 2.26. The first kappa shape index (κ1) is 19.5. The molecule has 2 aromatic rings. The number of nitrogens with zero attached hydrogens (tertiary/aromatic N) is 3. The zero-order valence-electron chi connectivity index (χ0n) is 15.4. The lowest BCUT2D eigenvalue weighted by Gasteiger charge is -2.33. The van der Waals surface area contributed by atoms with Crippen molar-refractivity contribution in [3.05, 3.63) is 24.1 Å². The number of hydrogen-bond donors (Lipinski definition) is 0. The predicted molar refractivity (Wildman–Crippen MR) is 94.5 cm³/mol. The van der Waals surface area contributed by atoms with Crippen LogP contribution in [0.2, 0.25) is 0 Å².